The topological polar surface area (TPSA) is 78.9 Å². The van der Waals surface area contributed by atoms with Crippen molar-refractivity contribution in [3.05, 3.63) is 60.8 Å². The molecule has 0 spiro atoms. The van der Waals surface area contributed by atoms with Crippen LogP contribution in [-0.2, 0) is 28.6 Å². The molecule has 0 aromatic heterocycles. The average molecular weight is 924 g/mol. The van der Waals surface area contributed by atoms with E-state index in [2.05, 4.69) is 75.5 Å². The van der Waals surface area contributed by atoms with Crippen LogP contribution in [0.3, 0.4) is 0 Å². The van der Waals surface area contributed by atoms with E-state index in [4.69, 9.17) is 14.2 Å². The number of unbranched alkanes of at least 4 members (excludes halogenated alkanes) is 30. The fourth-order valence-electron chi connectivity index (χ4n) is 8.04. The molecule has 1 atom stereocenters. The number of rotatable bonds is 51. The maximum Gasteiger partial charge on any atom is 0.306 e. The second-order valence-electron chi connectivity index (χ2n) is 18.8. The molecule has 6 heteroatoms. The van der Waals surface area contributed by atoms with Gasteiger partial charge in [0.25, 0.3) is 0 Å². The summed E-state index contributed by atoms with van der Waals surface area (Å²) in [6.45, 7) is 6.48. The van der Waals surface area contributed by atoms with Gasteiger partial charge in [-0.2, -0.15) is 0 Å². The first-order valence-corrected chi connectivity index (χ1v) is 28.3. The van der Waals surface area contributed by atoms with Crippen LogP contribution >= 0.6 is 0 Å². The molecule has 0 bridgehead atoms. The largest absolute Gasteiger partial charge is 0.462 e. The zero-order valence-corrected chi connectivity index (χ0v) is 43.7. The number of carbonyl (C=O) groups is 3. The van der Waals surface area contributed by atoms with E-state index < -0.39 is 6.10 Å². The quantitative estimate of drug-likeness (QED) is 0.0262. The smallest absolute Gasteiger partial charge is 0.306 e. The van der Waals surface area contributed by atoms with Gasteiger partial charge in [0.2, 0.25) is 0 Å². The monoisotopic (exact) mass is 923 g/mol. The number of hydrogen-bond acceptors (Lipinski definition) is 6. The van der Waals surface area contributed by atoms with Gasteiger partial charge < -0.3 is 14.2 Å². The van der Waals surface area contributed by atoms with Gasteiger partial charge in [0.05, 0.1) is 0 Å². The SMILES string of the molecule is CC/C=C\C/C=C\C/C=C\C/C=C\CCC(=O)OC(COC(=O)CCCCCCCCCCCCCC)COC(=O)CCCCCCCCCCCCC/C=C\CCCCCCCCCC. The van der Waals surface area contributed by atoms with Crippen LogP contribution in [0.2, 0.25) is 0 Å². The van der Waals surface area contributed by atoms with Gasteiger partial charge in [-0.1, -0.05) is 255 Å². The lowest BCUT2D eigenvalue weighted by atomic mass is 10.0. The molecule has 0 aromatic carbocycles. The van der Waals surface area contributed by atoms with Crippen LogP contribution in [0.25, 0.3) is 0 Å². The molecule has 0 radical (unpaired) electrons. The summed E-state index contributed by atoms with van der Waals surface area (Å²) in [5, 5.41) is 0. The first-order chi connectivity index (χ1) is 32.5. The average Bonchev–Trinajstić information content (AvgIpc) is 3.31. The van der Waals surface area contributed by atoms with Gasteiger partial charge in [-0.05, 0) is 70.6 Å². The van der Waals surface area contributed by atoms with Gasteiger partial charge in [-0.15, -0.1) is 0 Å². The molecule has 0 aliphatic heterocycles. The van der Waals surface area contributed by atoms with E-state index in [1.165, 1.54) is 173 Å². The van der Waals surface area contributed by atoms with Crippen molar-refractivity contribution >= 4 is 17.9 Å². The Kier molecular flexibility index (Phi) is 52.3. The fourth-order valence-corrected chi connectivity index (χ4v) is 8.04. The van der Waals surface area contributed by atoms with Crippen molar-refractivity contribution < 1.29 is 28.6 Å². The normalized spacial score (nSPS) is 12.5. The highest BCUT2D eigenvalue weighted by Gasteiger charge is 2.19. The molecule has 0 heterocycles. The summed E-state index contributed by atoms with van der Waals surface area (Å²) in [4.78, 5) is 38.0. The molecule has 0 saturated heterocycles. The Morgan fingerprint density at radius 2 is 0.621 bits per heavy atom. The Morgan fingerprint density at radius 3 is 0.985 bits per heavy atom. The van der Waals surface area contributed by atoms with E-state index in [1.54, 1.807) is 0 Å². The van der Waals surface area contributed by atoms with Crippen LogP contribution in [0.1, 0.15) is 284 Å². The molecule has 0 aromatic rings. The van der Waals surface area contributed by atoms with Gasteiger partial charge >= 0.3 is 17.9 Å². The number of carbonyl (C=O) groups excluding carboxylic acids is 3. The first-order valence-electron chi connectivity index (χ1n) is 28.3. The molecule has 0 saturated carbocycles. The second-order valence-corrected chi connectivity index (χ2v) is 18.8. The minimum absolute atomic E-state index is 0.100. The summed E-state index contributed by atoms with van der Waals surface area (Å²) in [7, 11) is 0. The highest BCUT2D eigenvalue weighted by atomic mass is 16.6. The van der Waals surface area contributed by atoms with Gasteiger partial charge in [0, 0.05) is 19.3 Å². The highest BCUT2D eigenvalue weighted by molar-refractivity contribution is 5.71. The minimum atomic E-state index is -0.809. The molecule has 0 aliphatic rings. The van der Waals surface area contributed by atoms with Crippen LogP contribution < -0.4 is 0 Å². The predicted molar refractivity (Wildman–Crippen MR) is 284 cm³/mol. The first kappa shape index (κ1) is 63.1. The number of hydrogen-bond donors (Lipinski definition) is 0. The molecule has 0 N–H and O–H groups in total. The number of ether oxygens (including phenoxy) is 3. The number of allylic oxidation sites excluding steroid dienone is 10. The zero-order chi connectivity index (χ0) is 47.9. The predicted octanol–water partition coefficient (Wildman–Crippen LogP) is 18.8. The van der Waals surface area contributed by atoms with Crippen molar-refractivity contribution in [1.29, 1.82) is 0 Å². The highest BCUT2D eigenvalue weighted by Crippen LogP contribution is 2.16. The Hall–Kier alpha value is -2.89. The van der Waals surface area contributed by atoms with Crippen LogP contribution in [0, 0.1) is 0 Å². The molecule has 0 fully saturated rings. The van der Waals surface area contributed by atoms with E-state index in [1.807, 2.05) is 6.08 Å². The summed E-state index contributed by atoms with van der Waals surface area (Å²) >= 11 is 0. The van der Waals surface area contributed by atoms with Crippen molar-refractivity contribution in [2.75, 3.05) is 13.2 Å². The molecule has 0 rings (SSSR count). The lowest BCUT2D eigenvalue weighted by Gasteiger charge is -2.18. The standard InChI is InChI=1S/C60H106O6/c1-4-7-10-13-16-19-22-25-26-27-28-29-30-31-32-33-34-36-38-41-44-47-50-53-59(62)65-56-57(55-64-58(61)52-49-46-43-40-37-24-21-18-15-12-9-6-3)66-60(63)54-51-48-45-42-39-35-23-20-17-14-11-8-5-2/h8,11,17,20,27-28,35,39,45,48,57H,4-7,9-10,12-16,18-19,21-26,29-34,36-38,40-44,46-47,49-56H2,1-3H3/b11-8-,20-17-,28-27-,39-35-,48-45-. The third-order valence-corrected chi connectivity index (χ3v) is 12.3. The number of esters is 3. The van der Waals surface area contributed by atoms with Crippen LogP contribution in [-0.4, -0.2) is 37.2 Å². The Morgan fingerprint density at radius 1 is 0.318 bits per heavy atom. The summed E-state index contributed by atoms with van der Waals surface area (Å²) in [6, 6.07) is 0. The maximum absolute atomic E-state index is 12.8. The van der Waals surface area contributed by atoms with Crippen molar-refractivity contribution in [3.63, 3.8) is 0 Å². The summed E-state index contributed by atoms with van der Waals surface area (Å²) in [6.07, 6.45) is 68.1. The Bertz CT molecular complexity index is 1200. The second kappa shape index (κ2) is 54.7. The van der Waals surface area contributed by atoms with Crippen molar-refractivity contribution in [1.82, 2.24) is 0 Å². The van der Waals surface area contributed by atoms with Crippen molar-refractivity contribution in [2.24, 2.45) is 0 Å². The van der Waals surface area contributed by atoms with Gasteiger partial charge in [-0.3, -0.25) is 14.4 Å². The summed E-state index contributed by atoms with van der Waals surface area (Å²) in [5.74, 6) is -0.975. The summed E-state index contributed by atoms with van der Waals surface area (Å²) in [5.41, 5.74) is 0. The van der Waals surface area contributed by atoms with Crippen molar-refractivity contribution in [3.8, 4) is 0 Å². The van der Waals surface area contributed by atoms with E-state index >= 15 is 0 Å². The minimum Gasteiger partial charge on any atom is -0.462 e. The molecular formula is C60H106O6. The molecule has 6 nitrogen and oxygen atoms in total. The van der Waals surface area contributed by atoms with Gasteiger partial charge in [0.15, 0.2) is 6.10 Å². The third-order valence-electron chi connectivity index (χ3n) is 12.3. The zero-order valence-electron chi connectivity index (χ0n) is 43.7. The van der Waals surface area contributed by atoms with E-state index in [-0.39, 0.29) is 37.5 Å². The van der Waals surface area contributed by atoms with E-state index in [0.717, 1.165) is 64.2 Å². The van der Waals surface area contributed by atoms with Crippen molar-refractivity contribution in [2.45, 2.75) is 290 Å². The molecule has 0 amide bonds. The van der Waals surface area contributed by atoms with Crippen LogP contribution in [0.5, 0.6) is 0 Å². The Balaban J connectivity index is 4.30. The molecule has 66 heavy (non-hydrogen) atoms. The Labute approximate surface area is 409 Å². The van der Waals surface area contributed by atoms with E-state index in [9.17, 15) is 14.4 Å². The molecular weight excluding hydrogens is 817 g/mol. The fraction of sp³-hybridized carbons (Fsp3) is 0.783. The molecule has 0 aliphatic carbocycles. The van der Waals surface area contributed by atoms with Crippen LogP contribution in [0.4, 0.5) is 0 Å². The van der Waals surface area contributed by atoms with Gasteiger partial charge in [0.1, 0.15) is 13.2 Å². The van der Waals surface area contributed by atoms with Crippen LogP contribution in [0.15, 0.2) is 60.8 Å². The van der Waals surface area contributed by atoms with E-state index in [0.29, 0.717) is 19.3 Å². The summed E-state index contributed by atoms with van der Waals surface area (Å²) < 4.78 is 16.8. The third kappa shape index (κ3) is 52.1. The molecule has 382 valence electrons. The lowest BCUT2D eigenvalue weighted by molar-refractivity contribution is -0.166. The molecule has 1 unspecified atom stereocenters. The van der Waals surface area contributed by atoms with Gasteiger partial charge in [-0.25, -0.2) is 0 Å². The maximum atomic E-state index is 12.8. The lowest BCUT2D eigenvalue weighted by Crippen LogP contribution is -2.30.